The Bertz CT molecular complexity index is 1190. The van der Waals surface area contributed by atoms with E-state index in [9.17, 15) is 13.2 Å². The van der Waals surface area contributed by atoms with Crippen LogP contribution < -0.4 is 9.62 Å². The van der Waals surface area contributed by atoms with Crippen molar-refractivity contribution in [1.29, 1.82) is 0 Å². The first-order valence-corrected chi connectivity index (χ1v) is 12.6. The highest BCUT2D eigenvalue weighted by molar-refractivity contribution is 7.92. The summed E-state index contributed by atoms with van der Waals surface area (Å²) in [5.74, 6) is -0.490. The van der Waals surface area contributed by atoms with Crippen molar-refractivity contribution in [3.05, 3.63) is 58.6 Å². The number of aryl methyl sites for hydroxylation is 2. The number of amides is 1. The monoisotopic (exact) mass is 478 g/mol. The third-order valence-electron chi connectivity index (χ3n) is 4.69. The Labute approximate surface area is 191 Å². The van der Waals surface area contributed by atoms with Crippen LogP contribution in [0.5, 0.6) is 0 Å². The van der Waals surface area contributed by atoms with Gasteiger partial charge in [-0.05, 0) is 38.0 Å². The molecular formula is C21H23ClN4O3S2. The minimum absolute atomic E-state index is 0.258. The Morgan fingerprint density at radius 1 is 1.16 bits per heavy atom. The van der Waals surface area contributed by atoms with E-state index >= 15 is 0 Å². The third-order valence-corrected chi connectivity index (χ3v) is 7.17. The first kappa shape index (κ1) is 23.2. The van der Waals surface area contributed by atoms with Gasteiger partial charge < -0.3 is 0 Å². The molecule has 31 heavy (non-hydrogen) atoms. The van der Waals surface area contributed by atoms with Crippen molar-refractivity contribution in [1.82, 2.24) is 10.2 Å². The van der Waals surface area contributed by atoms with Crippen LogP contribution >= 0.6 is 22.9 Å². The van der Waals surface area contributed by atoms with Gasteiger partial charge in [-0.15, -0.1) is 10.2 Å². The lowest BCUT2D eigenvalue weighted by atomic mass is 10.1. The molecule has 0 aliphatic carbocycles. The molecule has 1 amide bonds. The van der Waals surface area contributed by atoms with Gasteiger partial charge in [0.1, 0.15) is 11.0 Å². The van der Waals surface area contributed by atoms with Crippen LogP contribution in [0.1, 0.15) is 24.5 Å². The highest BCUT2D eigenvalue weighted by Crippen LogP contribution is 2.30. The van der Waals surface area contributed by atoms with E-state index in [2.05, 4.69) is 15.5 Å². The Kier molecular flexibility index (Phi) is 6.98. The molecule has 0 unspecified atom stereocenters. The molecule has 0 aliphatic rings. The number of carbonyl (C=O) groups excluding carboxylic acids is 1. The second-order valence-electron chi connectivity index (χ2n) is 7.18. The number of nitrogens with one attached hydrogen (secondary N) is 1. The first-order chi connectivity index (χ1) is 14.6. The molecule has 0 fully saturated rings. The van der Waals surface area contributed by atoms with Gasteiger partial charge in [0.15, 0.2) is 0 Å². The molecule has 10 heteroatoms. The molecule has 0 saturated carbocycles. The molecular weight excluding hydrogens is 456 g/mol. The summed E-state index contributed by atoms with van der Waals surface area (Å²) < 4.78 is 26.3. The zero-order valence-corrected chi connectivity index (χ0v) is 20.0. The highest BCUT2D eigenvalue weighted by Gasteiger charge is 2.32. The zero-order valence-electron chi connectivity index (χ0n) is 17.6. The number of rotatable bonds is 7. The van der Waals surface area contributed by atoms with Crippen LogP contribution in [0.15, 0.2) is 42.5 Å². The lowest BCUT2D eigenvalue weighted by Gasteiger charge is -2.30. The average Bonchev–Trinajstić information content (AvgIpc) is 3.16. The fourth-order valence-corrected chi connectivity index (χ4v) is 5.18. The van der Waals surface area contributed by atoms with Crippen LogP contribution in [-0.4, -0.2) is 36.8 Å². The second-order valence-corrected chi connectivity index (χ2v) is 10.4. The molecule has 0 radical (unpaired) electrons. The van der Waals surface area contributed by atoms with Gasteiger partial charge in [0.2, 0.25) is 21.1 Å². The van der Waals surface area contributed by atoms with Crippen molar-refractivity contribution >= 4 is 49.7 Å². The van der Waals surface area contributed by atoms with E-state index in [0.29, 0.717) is 20.8 Å². The van der Waals surface area contributed by atoms with Crippen molar-refractivity contribution in [2.45, 2.75) is 33.2 Å². The van der Waals surface area contributed by atoms with Crippen LogP contribution in [0, 0.1) is 13.8 Å². The van der Waals surface area contributed by atoms with Gasteiger partial charge in [0.05, 0.1) is 11.9 Å². The smallest absolute Gasteiger partial charge is 0.250 e. The summed E-state index contributed by atoms with van der Waals surface area (Å²) in [6, 6.07) is 11.7. The van der Waals surface area contributed by atoms with E-state index in [4.69, 9.17) is 11.6 Å². The number of nitrogens with zero attached hydrogens (tertiary/aromatic N) is 3. The molecule has 1 N–H and O–H groups in total. The topological polar surface area (TPSA) is 92.3 Å². The largest absolute Gasteiger partial charge is 0.299 e. The van der Waals surface area contributed by atoms with Crippen LogP contribution in [0.25, 0.3) is 10.6 Å². The summed E-state index contributed by atoms with van der Waals surface area (Å²) in [7, 11) is -3.76. The predicted octanol–water partition coefficient (Wildman–Crippen LogP) is 4.66. The first-order valence-electron chi connectivity index (χ1n) is 9.57. The van der Waals surface area contributed by atoms with Gasteiger partial charge in [-0.1, -0.05) is 65.8 Å². The lowest BCUT2D eigenvalue weighted by Crippen LogP contribution is -2.47. The number of hydrogen-bond donors (Lipinski definition) is 1. The molecule has 1 atom stereocenters. The maximum atomic E-state index is 13.0. The second kappa shape index (κ2) is 9.33. The number of halogens is 1. The molecule has 1 aromatic heterocycles. The van der Waals surface area contributed by atoms with Crippen molar-refractivity contribution in [2.24, 2.45) is 0 Å². The minimum atomic E-state index is -3.76. The maximum Gasteiger partial charge on any atom is 0.250 e. The van der Waals surface area contributed by atoms with Crippen molar-refractivity contribution in [3.63, 3.8) is 0 Å². The molecule has 7 nitrogen and oxygen atoms in total. The molecule has 3 aromatic rings. The quantitative estimate of drug-likeness (QED) is 0.533. The molecule has 1 heterocycles. The standard InChI is InChI=1S/C21H23ClN4O3S2/c1-5-18(26(31(4,28)29)16-11-8-14(3)17(22)12-16)19(27)23-21-25-24-20(30-21)15-9-6-13(2)7-10-15/h6-12,18H,5H2,1-4H3,(H,23,25,27)/t18-/m1/s1. The van der Waals surface area contributed by atoms with Gasteiger partial charge in [-0.3, -0.25) is 14.4 Å². The zero-order chi connectivity index (χ0) is 22.8. The van der Waals surface area contributed by atoms with Gasteiger partial charge >= 0.3 is 0 Å². The lowest BCUT2D eigenvalue weighted by molar-refractivity contribution is -0.117. The Balaban J connectivity index is 1.87. The summed E-state index contributed by atoms with van der Waals surface area (Å²) in [4.78, 5) is 13.0. The molecule has 0 saturated heterocycles. The van der Waals surface area contributed by atoms with Crippen molar-refractivity contribution in [3.8, 4) is 10.6 Å². The SMILES string of the molecule is CC[C@H](C(=O)Nc1nnc(-c2ccc(C)cc2)s1)N(c1ccc(C)c(Cl)c1)S(C)(=O)=O. The fourth-order valence-electron chi connectivity index (χ4n) is 3.05. The van der Waals surface area contributed by atoms with E-state index in [1.165, 1.54) is 11.3 Å². The van der Waals surface area contributed by atoms with Gasteiger partial charge in [0.25, 0.3) is 0 Å². The summed E-state index contributed by atoms with van der Waals surface area (Å²) in [5.41, 5.74) is 3.17. The minimum Gasteiger partial charge on any atom is -0.299 e. The molecule has 164 valence electrons. The maximum absolute atomic E-state index is 13.0. The number of anilines is 2. The average molecular weight is 479 g/mol. The van der Waals surface area contributed by atoms with Crippen LogP contribution in [0.3, 0.4) is 0 Å². The van der Waals surface area contributed by atoms with E-state index in [1.54, 1.807) is 25.1 Å². The van der Waals surface area contributed by atoms with Gasteiger partial charge in [-0.2, -0.15) is 0 Å². The van der Waals surface area contributed by atoms with E-state index in [-0.39, 0.29) is 6.42 Å². The molecule has 0 spiro atoms. The molecule has 0 bridgehead atoms. The van der Waals surface area contributed by atoms with Crippen LogP contribution in [0.2, 0.25) is 5.02 Å². The summed E-state index contributed by atoms with van der Waals surface area (Å²) in [5, 5.41) is 12.3. The number of aromatic nitrogens is 2. The normalized spacial score (nSPS) is 12.4. The van der Waals surface area contributed by atoms with E-state index in [0.717, 1.165) is 27.3 Å². The summed E-state index contributed by atoms with van der Waals surface area (Å²) in [6.45, 7) is 5.56. The molecule has 0 aliphatic heterocycles. The van der Waals surface area contributed by atoms with Gasteiger partial charge in [-0.25, -0.2) is 8.42 Å². The number of sulfonamides is 1. The highest BCUT2D eigenvalue weighted by atomic mass is 35.5. The number of carbonyl (C=O) groups is 1. The number of hydrogen-bond acceptors (Lipinski definition) is 6. The third kappa shape index (κ3) is 5.41. The van der Waals surface area contributed by atoms with E-state index in [1.807, 2.05) is 38.1 Å². The van der Waals surface area contributed by atoms with Crippen LogP contribution in [-0.2, 0) is 14.8 Å². The summed E-state index contributed by atoms with van der Waals surface area (Å²) in [6.07, 6.45) is 1.32. The number of benzene rings is 2. The van der Waals surface area contributed by atoms with E-state index < -0.39 is 22.0 Å². The van der Waals surface area contributed by atoms with Crippen molar-refractivity contribution < 1.29 is 13.2 Å². The Hall–Kier alpha value is -2.49. The summed E-state index contributed by atoms with van der Waals surface area (Å²) >= 11 is 7.42. The fraction of sp³-hybridized carbons (Fsp3) is 0.286. The van der Waals surface area contributed by atoms with Crippen molar-refractivity contribution in [2.75, 3.05) is 15.9 Å². The van der Waals surface area contributed by atoms with Crippen LogP contribution in [0.4, 0.5) is 10.8 Å². The molecule has 3 rings (SSSR count). The Morgan fingerprint density at radius 2 is 1.84 bits per heavy atom. The van der Waals surface area contributed by atoms with Gasteiger partial charge in [0, 0.05) is 10.6 Å². The molecule has 2 aromatic carbocycles. The predicted molar refractivity (Wildman–Crippen MR) is 126 cm³/mol. The Morgan fingerprint density at radius 3 is 2.42 bits per heavy atom.